The highest BCUT2D eigenvalue weighted by molar-refractivity contribution is 6.07. The summed E-state index contributed by atoms with van der Waals surface area (Å²) >= 11 is 0. The lowest BCUT2D eigenvalue weighted by Gasteiger charge is -2.39. The minimum Gasteiger partial charge on any atom is -0.486 e. The maximum atomic E-state index is 13.7. The van der Waals surface area contributed by atoms with E-state index in [-0.39, 0.29) is 18.0 Å². The number of likely N-dealkylation sites (tertiary alicyclic amines) is 1. The van der Waals surface area contributed by atoms with E-state index in [1.165, 1.54) is 6.42 Å². The Morgan fingerprint density at radius 2 is 1.70 bits per heavy atom. The standard InChI is InChI=1S/C25H26N2O3/c1-16-6-5-7-17(2)27(16)25(28)20-15-22(26-21-9-4-3-8-19(20)21)18-10-11-23-24(14-18)30-13-12-29-23/h3-4,8-11,14-17H,5-7,12-13H2,1-2H3/t16-,17+. The Balaban J connectivity index is 1.62. The molecule has 1 amide bonds. The number of carbonyl (C=O) groups is 1. The Bertz CT molecular complexity index is 1100. The average molecular weight is 402 g/mol. The third kappa shape index (κ3) is 3.28. The fourth-order valence-corrected chi connectivity index (χ4v) is 4.66. The Labute approximate surface area is 176 Å². The smallest absolute Gasteiger partial charge is 0.255 e. The molecule has 5 heteroatoms. The number of rotatable bonds is 2. The van der Waals surface area contributed by atoms with E-state index in [0.717, 1.165) is 46.5 Å². The molecule has 0 N–H and O–H groups in total. The largest absolute Gasteiger partial charge is 0.486 e. The number of hydrogen-bond donors (Lipinski definition) is 0. The van der Waals surface area contributed by atoms with Crippen LogP contribution in [-0.4, -0.2) is 41.1 Å². The number of nitrogens with zero attached hydrogens (tertiary/aromatic N) is 2. The van der Waals surface area contributed by atoms with E-state index in [1.54, 1.807) is 0 Å². The zero-order valence-electron chi connectivity index (χ0n) is 17.4. The Morgan fingerprint density at radius 1 is 0.967 bits per heavy atom. The number of carbonyl (C=O) groups excluding carboxylic acids is 1. The Morgan fingerprint density at radius 3 is 2.50 bits per heavy atom. The molecule has 2 aliphatic heterocycles. The van der Waals surface area contributed by atoms with Crippen LogP contribution in [0.4, 0.5) is 0 Å². The van der Waals surface area contributed by atoms with Crippen LogP contribution < -0.4 is 9.47 Å². The second kappa shape index (κ2) is 7.63. The van der Waals surface area contributed by atoms with Crippen molar-refractivity contribution in [1.82, 2.24) is 9.88 Å². The molecule has 0 saturated carbocycles. The fraction of sp³-hybridized carbons (Fsp3) is 0.360. The number of aromatic nitrogens is 1. The molecular weight excluding hydrogens is 376 g/mol. The van der Waals surface area contributed by atoms with Crippen LogP contribution in [0.1, 0.15) is 43.5 Å². The van der Waals surface area contributed by atoms with Crippen LogP contribution in [0.5, 0.6) is 11.5 Å². The molecule has 154 valence electrons. The molecule has 1 saturated heterocycles. The minimum absolute atomic E-state index is 0.0899. The van der Waals surface area contributed by atoms with E-state index in [2.05, 4.69) is 18.7 Å². The van der Waals surface area contributed by atoms with Gasteiger partial charge in [-0.15, -0.1) is 0 Å². The normalized spacial score (nSPS) is 20.9. The molecule has 0 bridgehead atoms. The number of hydrogen-bond acceptors (Lipinski definition) is 4. The van der Waals surface area contributed by atoms with Gasteiger partial charge >= 0.3 is 0 Å². The van der Waals surface area contributed by atoms with Gasteiger partial charge in [-0.2, -0.15) is 0 Å². The van der Waals surface area contributed by atoms with Crippen LogP contribution in [0, 0.1) is 0 Å². The van der Waals surface area contributed by atoms with E-state index in [1.807, 2.05) is 48.5 Å². The number of ether oxygens (including phenoxy) is 2. The highest BCUT2D eigenvalue weighted by Crippen LogP contribution is 2.35. The van der Waals surface area contributed by atoms with Gasteiger partial charge in [-0.3, -0.25) is 4.79 Å². The molecule has 5 rings (SSSR count). The molecule has 2 atom stereocenters. The van der Waals surface area contributed by atoms with Crippen molar-refractivity contribution < 1.29 is 14.3 Å². The highest BCUT2D eigenvalue weighted by atomic mass is 16.6. The monoisotopic (exact) mass is 402 g/mol. The maximum absolute atomic E-state index is 13.7. The van der Waals surface area contributed by atoms with Gasteiger partial charge in [-0.05, 0) is 63.4 Å². The van der Waals surface area contributed by atoms with Gasteiger partial charge in [0.15, 0.2) is 11.5 Å². The number of benzene rings is 2. The summed E-state index contributed by atoms with van der Waals surface area (Å²) < 4.78 is 11.4. The molecule has 2 aromatic carbocycles. The third-order valence-corrected chi connectivity index (χ3v) is 6.21. The van der Waals surface area contributed by atoms with Crippen LogP contribution in [0.2, 0.25) is 0 Å². The van der Waals surface area contributed by atoms with Crippen molar-refractivity contribution >= 4 is 16.8 Å². The Hall–Kier alpha value is -3.08. The van der Waals surface area contributed by atoms with Crippen molar-refractivity contribution in [2.24, 2.45) is 0 Å². The average Bonchev–Trinajstić information content (AvgIpc) is 2.77. The number of fused-ring (bicyclic) bond motifs is 2. The van der Waals surface area contributed by atoms with Crippen molar-refractivity contribution in [3.63, 3.8) is 0 Å². The topological polar surface area (TPSA) is 51.7 Å². The van der Waals surface area contributed by atoms with Crippen LogP contribution in [0.3, 0.4) is 0 Å². The lowest BCUT2D eigenvalue weighted by atomic mass is 9.95. The zero-order valence-corrected chi connectivity index (χ0v) is 17.4. The fourth-order valence-electron chi connectivity index (χ4n) is 4.66. The molecule has 0 unspecified atom stereocenters. The summed E-state index contributed by atoms with van der Waals surface area (Å²) in [5.74, 6) is 1.56. The molecule has 5 nitrogen and oxygen atoms in total. The van der Waals surface area contributed by atoms with Gasteiger partial charge in [0.25, 0.3) is 5.91 Å². The summed E-state index contributed by atoms with van der Waals surface area (Å²) in [7, 11) is 0. The first-order valence-corrected chi connectivity index (χ1v) is 10.7. The molecule has 1 aromatic heterocycles. The van der Waals surface area contributed by atoms with Crippen molar-refractivity contribution in [1.29, 1.82) is 0 Å². The second-order valence-electron chi connectivity index (χ2n) is 8.27. The first-order valence-electron chi connectivity index (χ1n) is 10.7. The summed E-state index contributed by atoms with van der Waals surface area (Å²) in [6.07, 6.45) is 3.27. The molecule has 0 spiro atoms. The van der Waals surface area contributed by atoms with E-state index in [4.69, 9.17) is 14.5 Å². The lowest BCUT2D eigenvalue weighted by molar-refractivity contribution is 0.0513. The maximum Gasteiger partial charge on any atom is 0.255 e. The predicted molar refractivity (Wildman–Crippen MR) is 117 cm³/mol. The number of pyridine rings is 1. The first-order chi connectivity index (χ1) is 14.6. The summed E-state index contributed by atoms with van der Waals surface area (Å²) in [5.41, 5.74) is 3.22. The summed E-state index contributed by atoms with van der Waals surface area (Å²) in [6.45, 7) is 5.40. The summed E-state index contributed by atoms with van der Waals surface area (Å²) in [5, 5.41) is 0.897. The molecule has 0 aliphatic carbocycles. The molecule has 0 radical (unpaired) electrons. The van der Waals surface area contributed by atoms with Crippen molar-refractivity contribution in [3.05, 3.63) is 54.1 Å². The number of amides is 1. The first kappa shape index (κ1) is 18.9. The van der Waals surface area contributed by atoms with Crippen LogP contribution in [0.15, 0.2) is 48.5 Å². The number of piperidine rings is 1. The third-order valence-electron chi connectivity index (χ3n) is 6.21. The Kier molecular flexibility index (Phi) is 4.81. The second-order valence-corrected chi connectivity index (χ2v) is 8.27. The van der Waals surface area contributed by atoms with E-state index in [0.29, 0.717) is 18.8 Å². The van der Waals surface area contributed by atoms with Gasteiger partial charge in [-0.25, -0.2) is 4.98 Å². The summed E-state index contributed by atoms with van der Waals surface area (Å²) in [6, 6.07) is 16.1. The summed E-state index contributed by atoms with van der Waals surface area (Å²) in [4.78, 5) is 20.6. The van der Waals surface area contributed by atoms with Gasteiger partial charge in [0.1, 0.15) is 13.2 Å². The highest BCUT2D eigenvalue weighted by Gasteiger charge is 2.31. The molecule has 1 fully saturated rings. The van der Waals surface area contributed by atoms with Gasteiger partial charge < -0.3 is 14.4 Å². The zero-order chi connectivity index (χ0) is 20.7. The van der Waals surface area contributed by atoms with Crippen LogP contribution in [-0.2, 0) is 0 Å². The van der Waals surface area contributed by atoms with Gasteiger partial charge in [0.05, 0.1) is 16.8 Å². The SMILES string of the molecule is C[C@@H]1CCC[C@H](C)N1C(=O)c1cc(-c2ccc3c(c2)OCCO3)nc2ccccc12. The molecule has 3 heterocycles. The van der Waals surface area contributed by atoms with E-state index >= 15 is 0 Å². The van der Waals surface area contributed by atoms with Crippen LogP contribution >= 0.6 is 0 Å². The molecule has 3 aromatic rings. The van der Waals surface area contributed by atoms with Crippen molar-refractivity contribution in [2.75, 3.05) is 13.2 Å². The molecule has 2 aliphatic rings. The van der Waals surface area contributed by atoms with Gasteiger partial charge in [-0.1, -0.05) is 18.2 Å². The molecular formula is C25H26N2O3. The molecule has 30 heavy (non-hydrogen) atoms. The minimum atomic E-state index is 0.0899. The van der Waals surface area contributed by atoms with Gasteiger partial charge in [0, 0.05) is 23.0 Å². The van der Waals surface area contributed by atoms with Gasteiger partial charge in [0.2, 0.25) is 0 Å². The van der Waals surface area contributed by atoms with Crippen LogP contribution in [0.25, 0.3) is 22.2 Å². The van der Waals surface area contributed by atoms with Crippen molar-refractivity contribution in [2.45, 2.75) is 45.2 Å². The predicted octanol–water partition coefficient (Wildman–Crippen LogP) is 5.08. The van der Waals surface area contributed by atoms with E-state index in [9.17, 15) is 4.79 Å². The number of para-hydroxylation sites is 1. The van der Waals surface area contributed by atoms with E-state index < -0.39 is 0 Å². The lowest BCUT2D eigenvalue weighted by Crippen LogP contribution is -2.47. The van der Waals surface area contributed by atoms with Crippen molar-refractivity contribution in [3.8, 4) is 22.8 Å². The quantitative estimate of drug-likeness (QED) is 0.600.